The van der Waals surface area contributed by atoms with E-state index in [0.29, 0.717) is 0 Å². The topological polar surface area (TPSA) is 31.5 Å². The van der Waals surface area contributed by atoms with E-state index >= 15 is 0 Å². The van der Waals surface area contributed by atoms with Gasteiger partial charge in [0.05, 0.1) is 0 Å². The summed E-state index contributed by atoms with van der Waals surface area (Å²) >= 11 is 0. The van der Waals surface area contributed by atoms with Gasteiger partial charge in [0.25, 0.3) is 0 Å². The van der Waals surface area contributed by atoms with Gasteiger partial charge in [0, 0.05) is 0 Å². The van der Waals surface area contributed by atoms with E-state index in [1.165, 1.54) is 128 Å². The molecule has 0 heterocycles. The van der Waals surface area contributed by atoms with Crippen molar-refractivity contribution in [1.82, 2.24) is 0 Å². The maximum absolute atomic E-state index is 3.78. The minimum Gasteiger partial charge on any atom is -0.412 e. The van der Waals surface area contributed by atoms with E-state index in [4.69, 9.17) is 0 Å². The molecule has 0 radical (unpaired) electrons. The molecule has 34 heavy (non-hydrogen) atoms. The predicted molar refractivity (Wildman–Crippen MR) is 159 cm³/mol. The molecule has 0 aliphatic heterocycles. The fourth-order valence-corrected chi connectivity index (χ4v) is 3.12. The molecule has 0 aromatic rings. The van der Waals surface area contributed by atoms with Crippen molar-refractivity contribution in [2.75, 3.05) is 0 Å². The zero-order valence-corrected chi connectivity index (χ0v) is 26.4. The van der Waals surface area contributed by atoms with E-state index in [1.54, 1.807) is 0 Å². The van der Waals surface area contributed by atoms with Crippen LogP contribution in [0.5, 0.6) is 0 Å². The maximum atomic E-state index is 3.78. The molecule has 2 heteroatoms. The van der Waals surface area contributed by atoms with E-state index in [1.807, 2.05) is 0 Å². The second kappa shape index (κ2) is 59.1. The van der Waals surface area contributed by atoms with Crippen LogP contribution in [0.2, 0.25) is 0 Å². The third-order valence-electron chi connectivity index (χ3n) is 5.41. The molecule has 0 saturated carbocycles. The van der Waals surface area contributed by atoms with Gasteiger partial charge in [-0.3, -0.25) is 0 Å². The molecule has 0 atom stereocenters. The van der Waals surface area contributed by atoms with Gasteiger partial charge in [0.2, 0.25) is 0 Å². The van der Waals surface area contributed by atoms with Crippen LogP contribution in [0.15, 0.2) is 0 Å². The van der Waals surface area contributed by atoms with Crippen LogP contribution in [-0.2, 0) is 21.7 Å². The Labute approximate surface area is 236 Å². The first-order chi connectivity index (χ1) is 15.7. The Morgan fingerprint density at radius 2 is 0.441 bits per heavy atom. The van der Waals surface area contributed by atoms with Crippen molar-refractivity contribution in [3.05, 3.63) is 27.7 Å². The van der Waals surface area contributed by atoms with Crippen LogP contribution in [0.4, 0.5) is 0 Å². The summed E-state index contributed by atoms with van der Waals surface area (Å²) in [6, 6.07) is 0. The third-order valence-corrected chi connectivity index (χ3v) is 5.41. The Morgan fingerprint density at radius 1 is 0.294 bits per heavy atom. The van der Waals surface area contributed by atoms with Crippen LogP contribution >= 0.6 is 0 Å². The normalized spacial score (nSPS) is 9.18. The second-order valence-electron chi connectivity index (χ2n) is 9.07. The molecule has 0 bridgehead atoms. The molecule has 0 rings (SSSR count). The molecule has 0 saturated heterocycles. The van der Waals surface area contributed by atoms with Crippen LogP contribution in [0.1, 0.15) is 182 Å². The molecule has 0 aliphatic rings. The Kier molecular flexibility index (Phi) is 83.1. The van der Waals surface area contributed by atoms with Gasteiger partial charge in [0.1, 0.15) is 0 Å². The SMILES string of the molecule is O.[CH2-]CCCCCCC.[CH2-]CCCCCCC.[CH2-]CCCCCCC.[CH2-]CCCCCCC.[Ti+4]. The second-order valence-corrected chi connectivity index (χ2v) is 9.07. The first kappa shape index (κ1) is 47.8. The molecule has 0 aromatic heterocycles. The van der Waals surface area contributed by atoms with E-state index in [9.17, 15) is 0 Å². The quantitative estimate of drug-likeness (QED) is 0.0872. The summed E-state index contributed by atoms with van der Waals surface area (Å²) in [5.41, 5.74) is 0. The van der Waals surface area contributed by atoms with Crippen LogP contribution in [0.25, 0.3) is 0 Å². The molecule has 208 valence electrons. The van der Waals surface area contributed by atoms with Crippen molar-refractivity contribution in [3.8, 4) is 0 Å². The molecule has 2 N–H and O–H groups in total. The number of unbranched alkanes of at least 4 members (excludes halogenated alkanes) is 20. The Morgan fingerprint density at radius 3 is 0.559 bits per heavy atom. The van der Waals surface area contributed by atoms with Gasteiger partial charge in [-0.15, -0.1) is 0 Å². The van der Waals surface area contributed by atoms with Gasteiger partial charge < -0.3 is 33.2 Å². The van der Waals surface area contributed by atoms with E-state index in [0.717, 1.165) is 25.7 Å². The van der Waals surface area contributed by atoms with Crippen molar-refractivity contribution < 1.29 is 27.2 Å². The standard InChI is InChI=1S/4C8H17.H2O.Ti/c4*1-3-5-7-8-6-4-2;;/h4*1,3-8H2,2H3;1H2;/q4*-1;;+4. The van der Waals surface area contributed by atoms with Gasteiger partial charge in [-0.1, -0.05) is 156 Å². The molecule has 1 nitrogen and oxygen atoms in total. The minimum absolute atomic E-state index is 0. The first-order valence-corrected chi connectivity index (χ1v) is 14.8. The van der Waals surface area contributed by atoms with Crippen LogP contribution in [-0.4, -0.2) is 5.48 Å². The molecule has 0 aromatic carbocycles. The largest absolute Gasteiger partial charge is 4.00 e. The Bertz CT molecular complexity index is 161. The van der Waals surface area contributed by atoms with Gasteiger partial charge in [-0.05, 0) is 0 Å². The zero-order valence-electron chi connectivity index (χ0n) is 24.8. The number of hydrogen-bond donors (Lipinski definition) is 0. The summed E-state index contributed by atoms with van der Waals surface area (Å²) in [6.07, 6.45) is 31.9. The molecule has 0 unspecified atom stereocenters. The fraction of sp³-hybridized carbons (Fsp3) is 0.875. The molecular formula is C32H70OTi. The summed E-state index contributed by atoms with van der Waals surface area (Å²) in [5.74, 6) is 0. The molecule has 0 aliphatic carbocycles. The zero-order chi connectivity index (χ0) is 25.0. The average Bonchev–Trinajstić information content (AvgIpc) is 2.82. The van der Waals surface area contributed by atoms with Crippen molar-refractivity contribution in [1.29, 1.82) is 0 Å². The van der Waals surface area contributed by atoms with Crippen LogP contribution in [0, 0.1) is 27.7 Å². The maximum Gasteiger partial charge on any atom is 4.00 e. The summed E-state index contributed by atoms with van der Waals surface area (Å²) in [7, 11) is 0. The smallest absolute Gasteiger partial charge is 0.412 e. The third kappa shape index (κ3) is 76.7. The Hall–Kier alpha value is 0.674. The Balaban J connectivity index is -0.0000000754. The summed E-state index contributed by atoms with van der Waals surface area (Å²) < 4.78 is 0. The summed E-state index contributed by atoms with van der Waals surface area (Å²) in [4.78, 5) is 0. The summed E-state index contributed by atoms with van der Waals surface area (Å²) in [6.45, 7) is 24.1. The minimum atomic E-state index is 0. The van der Waals surface area contributed by atoms with Gasteiger partial charge in [-0.2, -0.15) is 25.7 Å². The average molecular weight is 519 g/mol. The van der Waals surface area contributed by atoms with E-state index in [-0.39, 0.29) is 27.2 Å². The van der Waals surface area contributed by atoms with Crippen LogP contribution in [0.3, 0.4) is 0 Å². The summed E-state index contributed by atoms with van der Waals surface area (Å²) in [5, 5.41) is 0. The van der Waals surface area contributed by atoms with Crippen LogP contribution < -0.4 is 0 Å². The van der Waals surface area contributed by atoms with Crippen molar-refractivity contribution in [2.45, 2.75) is 182 Å². The predicted octanol–water partition coefficient (Wildman–Crippen LogP) is 11.9. The molecule has 0 spiro atoms. The molecule has 0 amide bonds. The van der Waals surface area contributed by atoms with Gasteiger partial charge in [0.15, 0.2) is 0 Å². The van der Waals surface area contributed by atoms with Crippen molar-refractivity contribution in [3.63, 3.8) is 0 Å². The first-order valence-electron chi connectivity index (χ1n) is 14.8. The number of hydrogen-bond acceptors (Lipinski definition) is 0. The van der Waals surface area contributed by atoms with Crippen molar-refractivity contribution >= 4 is 0 Å². The number of rotatable bonds is 20. The fourth-order valence-electron chi connectivity index (χ4n) is 3.12. The monoisotopic (exact) mass is 518 g/mol. The van der Waals surface area contributed by atoms with Gasteiger partial charge in [-0.25, -0.2) is 0 Å². The molecular weight excluding hydrogens is 448 g/mol. The van der Waals surface area contributed by atoms with Gasteiger partial charge >= 0.3 is 21.7 Å². The van der Waals surface area contributed by atoms with Crippen molar-refractivity contribution in [2.24, 2.45) is 0 Å². The van der Waals surface area contributed by atoms with E-state index < -0.39 is 0 Å². The van der Waals surface area contributed by atoms with E-state index in [2.05, 4.69) is 55.4 Å². The molecule has 0 fully saturated rings.